The molecule has 1 aromatic carbocycles. The Labute approximate surface area is 201 Å². The van der Waals surface area contributed by atoms with Gasteiger partial charge < -0.3 is 25.0 Å². The maximum absolute atomic E-state index is 12.6. The molecule has 2 aromatic rings. The second kappa shape index (κ2) is 9.91. The van der Waals surface area contributed by atoms with Gasteiger partial charge in [-0.3, -0.25) is 0 Å². The summed E-state index contributed by atoms with van der Waals surface area (Å²) in [5, 5.41) is 6.47. The van der Waals surface area contributed by atoms with Crippen LogP contribution < -0.4 is 15.4 Å². The molecule has 2 aliphatic rings. The Kier molecular flexibility index (Phi) is 6.95. The van der Waals surface area contributed by atoms with Gasteiger partial charge in [0.2, 0.25) is 5.95 Å². The lowest BCUT2D eigenvalue weighted by Crippen LogP contribution is -2.37. The average Bonchev–Trinajstić information content (AvgIpc) is 3.03. The first-order valence-electron chi connectivity index (χ1n) is 12.0. The number of ether oxygens (including phenoxy) is 2. The molecule has 3 heterocycles. The number of aromatic nitrogens is 2. The Bertz CT molecular complexity index is 1090. The highest BCUT2D eigenvalue weighted by atomic mass is 16.6. The number of carbonyl (C=O) groups excluding carboxylic acids is 1. The van der Waals surface area contributed by atoms with Crippen LogP contribution in [-0.2, 0) is 11.2 Å². The smallest absolute Gasteiger partial charge is 0.410 e. The molecule has 1 amide bonds. The van der Waals surface area contributed by atoms with E-state index in [2.05, 4.69) is 38.8 Å². The summed E-state index contributed by atoms with van der Waals surface area (Å²) in [6.45, 7) is 9.53. The molecule has 0 unspecified atom stereocenters. The molecule has 4 rings (SSSR count). The van der Waals surface area contributed by atoms with Gasteiger partial charge in [0.15, 0.2) is 0 Å². The molecule has 34 heavy (non-hydrogen) atoms. The van der Waals surface area contributed by atoms with Crippen LogP contribution in [0.3, 0.4) is 0 Å². The largest absolute Gasteiger partial charge is 0.493 e. The minimum absolute atomic E-state index is 0.268. The number of benzene rings is 1. The fourth-order valence-electron chi connectivity index (χ4n) is 4.29. The van der Waals surface area contributed by atoms with Gasteiger partial charge in [0, 0.05) is 43.1 Å². The van der Waals surface area contributed by atoms with Crippen molar-refractivity contribution in [2.75, 3.05) is 37.4 Å². The lowest BCUT2D eigenvalue weighted by Gasteiger charge is -2.25. The first kappa shape index (κ1) is 23.9. The van der Waals surface area contributed by atoms with Crippen molar-refractivity contribution in [3.05, 3.63) is 41.1 Å². The third kappa shape index (κ3) is 5.79. The minimum atomic E-state index is -0.506. The molecule has 0 atom stereocenters. The van der Waals surface area contributed by atoms with E-state index in [0.29, 0.717) is 19.0 Å². The number of carbonyl (C=O) groups is 1. The highest BCUT2D eigenvalue weighted by Crippen LogP contribution is 2.39. The molecular formula is C26H35N5O3. The van der Waals surface area contributed by atoms with Crippen molar-refractivity contribution in [1.29, 1.82) is 0 Å². The SMILES string of the molecule is CNc1cc(C)nc(Nc2cc3c(c(C4=CCN(C(=O)OC(C)(C)C)CCC4)c2)OCCC3)n1. The second-order valence-electron chi connectivity index (χ2n) is 9.82. The van der Waals surface area contributed by atoms with Crippen LogP contribution in [-0.4, -0.2) is 53.3 Å². The van der Waals surface area contributed by atoms with Crippen LogP contribution in [0.2, 0.25) is 0 Å². The molecule has 8 nitrogen and oxygen atoms in total. The Morgan fingerprint density at radius 3 is 2.74 bits per heavy atom. The molecule has 182 valence electrons. The van der Waals surface area contributed by atoms with E-state index < -0.39 is 5.60 Å². The molecule has 0 bridgehead atoms. The summed E-state index contributed by atoms with van der Waals surface area (Å²) in [6.07, 6.45) is 5.55. The summed E-state index contributed by atoms with van der Waals surface area (Å²) < 4.78 is 11.7. The van der Waals surface area contributed by atoms with Gasteiger partial charge in [-0.2, -0.15) is 4.98 Å². The van der Waals surface area contributed by atoms with E-state index in [-0.39, 0.29) is 6.09 Å². The fourth-order valence-corrected chi connectivity index (χ4v) is 4.29. The highest BCUT2D eigenvalue weighted by Gasteiger charge is 2.25. The summed E-state index contributed by atoms with van der Waals surface area (Å²) in [6, 6.07) is 6.15. The van der Waals surface area contributed by atoms with E-state index in [0.717, 1.165) is 60.8 Å². The Hall–Kier alpha value is -3.29. The summed E-state index contributed by atoms with van der Waals surface area (Å²) in [5.41, 5.74) is 4.76. The highest BCUT2D eigenvalue weighted by molar-refractivity contribution is 5.78. The number of hydrogen-bond acceptors (Lipinski definition) is 7. The van der Waals surface area contributed by atoms with E-state index in [1.54, 1.807) is 4.90 Å². The van der Waals surface area contributed by atoms with Crippen molar-refractivity contribution in [2.24, 2.45) is 0 Å². The summed E-state index contributed by atoms with van der Waals surface area (Å²) in [4.78, 5) is 23.4. The maximum Gasteiger partial charge on any atom is 0.410 e. The molecule has 2 aliphatic heterocycles. The van der Waals surface area contributed by atoms with Crippen LogP contribution in [0.15, 0.2) is 24.3 Å². The number of aryl methyl sites for hydroxylation is 2. The van der Waals surface area contributed by atoms with Crippen LogP contribution in [0, 0.1) is 6.92 Å². The predicted molar refractivity (Wildman–Crippen MR) is 135 cm³/mol. The summed E-state index contributed by atoms with van der Waals surface area (Å²) in [7, 11) is 1.85. The van der Waals surface area contributed by atoms with Crippen LogP contribution in [0.5, 0.6) is 5.75 Å². The van der Waals surface area contributed by atoms with Crippen molar-refractivity contribution >= 4 is 29.1 Å². The van der Waals surface area contributed by atoms with E-state index in [1.807, 2.05) is 40.8 Å². The maximum atomic E-state index is 12.6. The second-order valence-corrected chi connectivity index (χ2v) is 9.82. The van der Waals surface area contributed by atoms with Gasteiger partial charge in [0.25, 0.3) is 0 Å². The standard InChI is InChI=1S/C26H35N5O3/c1-17-14-22(27-5)30-24(28-17)29-20-15-19-9-7-13-33-23(19)21(16-20)18-8-6-11-31(12-10-18)25(32)34-26(2,3)4/h10,14-16H,6-9,11-13H2,1-5H3,(H2,27,28,29,30). The molecular weight excluding hydrogens is 430 g/mol. The molecule has 0 radical (unpaired) electrons. The Balaban J connectivity index is 1.63. The zero-order valence-electron chi connectivity index (χ0n) is 20.8. The lowest BCUT2D eigenvalue weighted by molar-refractivity contribution is 0.0273. The Morgan fingerprint density at radius 1 is 1.15 bits per heavy atom. The van der Waals surface area contributed by atoms with Gasteiger partial charge in [0.1, 0.15) is 17.2 Å². The number of amides is 1. The predicted octanol–water partition coefficient (Wildman–Crippen LogP) is 5.31. The van der Waals surface area contributed by atoms with Crippen LogP contribution in [0.25, 0.3) is 5.57 Å². The van der Waals surface area contributed by atoms with Gasteiger partial charge >= 0.3 is 6.09 Å². The number of fused-ring (bicyclic) bond motifs is 1. The number of nitrogens with zero attached hydrogens (tertiary/aromatic N) is 3. The van der Waals surface area contributed by atoms with Crippen molar-refractivity contribution in [1.82, 2.24) is 14.9 Å². The van der Waals surface area contributed by atoms with Gasteiger partial charge in [-0.25, -0.2) is 9.78 Å². The van der Waals surface area contributed by atoms with E-state index in [4.69, 9.17) is 9.47 Å². The number of hydrogen-bond donors (Lipinski definition) is 2. The van der Waals surface area contributed by atoms with Crippen LogP contribution in [0.4, 0.5) is 22.2 Å². The number of allylic oxidation sites excluding steroid dienone is 1. The van der Waals surface area contributed by atoms with Gasteiger partial charge in [-0.05, 0) is 76.6 Å². The van der Waals surface area contributed by atoms with Crippen molar-refractivity contribution in [3.8, 4) is 5.75 Å². The lowest BCUT2D eigenvalue weighted by atomic mass is 9.94. The van der Waals surface area contributed by atoms with E-state index >= 15 is 0 Å². The fraction of sp³-hybridized carbons (Fsp3) is 0.500. The third-order valence-corrected chi connectivity index (χ3v) is 5.80. The zero-order chi connectivity index (χ0) is 24.3. The van der Waals surface area contributed by atoms with E-state index in [9.17, 15) is 4.79 Å². The molecule has 2 N–H and O–H groups in total. The van der Waals surface area contributed by atoms with E-state index in [1.165, 1.54) is 11.1 Å². The van der Waals surface area contributed by atoms with Gasteiger partial charge in [-0.15, -0.1) is 0 Å². The number of nitrogens with one attached hydrogen (secondary N) is 2. The van der Waals surface area contributed by atoms with Crippen LogP contribution >= 0.6 is 0 Å². The van der Waals surface area contributed by atoms with Gasteiger partial charge in [0.05, 0.1) is 6.61 Å². The molecule has 1 aromatic heterocycles. The normalized spacial score (nSPS) is 16.0. The molecule has 0 fully saturated rings. The summed E-state index contributed by atoms with van der Waals surface area (Å²) in [5.74, 6) is 2.28. The van der Waals surface area contributed by atoms with Crippen molar-refractivity contribution in [3.63, 3.8) is 0 Å². The quantitative estimate of drug-likeness (QED) is 0.632. The zero-order valence-corrected chi connectivity index (χ0v) is 20.8. The average molecular weight is 466 g/mol. The number of rotatable bonds is 4. The number of anilines is 3. The molecule has 0 spiro atoms. The molecule has 8 heteroatoms. The molecule has 0 aliphatic carbocycles. The van der Waals surface area contributed by atoms with Gasteiger partial charge in [-0.1, -0.05) is 6.08 Å². The molecule has 0 saturated heterocycles. The third-order valence-electron chi connectivity index (χ3n) is 5.80. The monoisotopic (exact) mass is 465 g/mol. The summed E-state index contributed by atoms with van der Waals surface area (Å²) >= 11 is 0. The molecule has 0 saturated carbocycles. The van der Waals surface area contributed by atoms with Crippen LogP contribution in [0.1, 0.15) is 56.9 Å². The minimum Gasteiger partial charge on any atom is -0.493 e. The van der Waals surface area contributed by atoms with Crippen molar-refractivity contribution in [2.45, 2.75) is 59.0 Å². The topological polar surface area (TPSA) is 88.6 Å². The van der Waals surface area contributed by atoms with Crippen molar-refractivity contribution < 1.29 is 14.3 Å². The Morgan fingerprint density at radius 2 is 1.97 bits per heavy atom. The first-order valence-corrected chi connectivity index (χ1v) is 12.0. The first-order chi connectivity index (χ1) is 16.2.